The summed E-state index contributed by atoms with van der Waals surface area (Å²) in [5, 5.41) is 4.81. The molecule has 24 heavy (non-hydrogen) atoms. The third-order valence-corrected chi connectivity index (χ3v) is 4.41. The normalized spacial score (nSPS) is 13.2. The Morgan fingerprint density at radius 1 is 1.42 bits per heavy atom. The van der Waals surface area contributed by atoms with Crippen LogP contribution in [0.5, 0.6) is 5.75 Å². The van der Waals surface area contributed by atoms with Crippen LogP contribution in [0.3, 0.4) is 0 Å². The highest BCUT2D eigenvalue weighted by Crippen LogP contribution is 2.34. The van der Waals surface area contributed by atoms with Gasteiger partial charge in [-0.05, 0) is 30.5 Å². The smallest absolute Gasteiger partial charge is 0.265 e. The summed E-state index contributed by atoms with van der Waals surface area (Å²) < 4.78 is 5.51. The number of anilines is 2. The second kappa shape index (κ2) is 6.88. The lowest BCUT2D eigenvalue weighted by atomic mass is 10.2. The zero-order valence-corrected chi connectivity index (χ0v) is 14.2. The van der Waals surface area contributed by atoms with E-state index in [1.807, 2.05) is 24.4 Å². The third kappa shape index (κ3) is 3.65. The van der Waals surface area contributed by atoms with Crippen molar-refractivity contribution in [3.63, 3.8) is 0 Å². The van der Waals surface area contributed by atoms with Gasteiger partial charge in [0.15, 0.2) is 6.61 Å². The van der Waals surface area contributed by atoms with Crippen LogP contribution in [0.25, 0.3) is 0 Å². The molecule has 2 aromatic rings. The van der Waals surface area contributed by atoms with Crippen LogP contribution in [0.4, 0.5) is 11.4 Å². The Balaban J connectivity index is 1.75. The first-order valence-corrected chi connectivity index (χ1v) is 8.45. The third-order valence-electron chi connectivity index (χ3n) is 3.53. The largest absolute Gasteiger partial charge is 0.481 e. The topological polar surface area (TPSA) is 58.6 Å². The second-order valence-electron chi connectivity index (χ2n) is 5.71. The van der Waals surface area contributed by atoms with E-state index in [1.165, 1.54) is 0 Å². The summed E-state index contributed by atoms with van der Waals surface area (Å²) in [6.45, 7) is 6.19. The lowest BCUT2D eigenvalue weighted by molar-refractivity contribution is -0.121. The van der Waals surface area contributed by atoms with Crippen molar-refractivity contribution in [2.24, 2.45) is 0 Å². The number of fused-ring (bicyclic) bond motifs is 1. The Kier molecular flexibility index (Phi) is 4.66. The molecule has 1 aromatic heterocycles. The van der Waals surface area contributed by atoms with Gasteiger partial charge in [-0.15, -0.1) is 11.3 Å². The zero-order chi connectivity index (χ0) is 17.1. The monoisotopic (exact) mass is 342 g/mol. The van der Waals surface area contributed by atoms with E-state index in [1.54, 1.807) is 34.4 Å². The van der Waals surface area contributed by atoms with E-state index in [4.69, 9.17) is 4.74 Å². The minimum atomic E-state index is -0.0972. The Morgan fingerprint density at radius 2 is 2.25 bits per heavy atom. The Hall–Kier alpha value is -2.60. The summed E-state index contributed by atoms with van der Waals surface area (Å²) in [7, 11) is 0. The average Bonchev–Trinajstić information content (AvgIpc) is 3.02. The van der Waals surface area contributed by atoms with Crippen molar-refractivity contribution in [1.29, 1.82) is 0 Å². The van der Waals surface area contributed by atoms with Gasteiger partial charge in [0.2, 0.25) is 5.91 Å². The number of hydrogen-bond donors (Lipinski definition) is 1. The van der Waals surface area contributed by atoms with Gasteiger partial charge < -0.3 is 15.0 Å². The van der Waals surface area contributed by atoms with Gasteiger partial charge >= 0.3 is 0 Å². The summed E-state index contributed by atoms with van der Waals surface area (Å²) in [6, 6.07) is 9.17. The molecule has 5 nitrogen and oxygen atoms in total. The van der Waals surface area contributed by atoms with Gasteiger partial charge in [0, 0.05) is 23.2 Å². The first kappa shape index (κ1) is 16.3. The van der Waals surface area contributed by atoms with Crippen molar-refractivity contribution < 1.29 is 14.3 Å². The molecular weight excluding hydrogens is 324 g/mol. The highest BCUT2D eigenvalue weighted by molar-refractivity contribution is 7.10. The van der Waals surface area contributed by atoms with Crippen LogP contribution in [0, 0.1) is 0 Å². The lowest BCUT2D eigenvalue weighted by Gasteiger charge is -2.29. The van der Waals surface area contributed by atoms with Crippen molar-refractivity contribution in [2.75, 3.05) is 23.4 Å². The van der Waals surface area contributed by atoms with Gasteiger partial charge in [0.1, 0.15) is 5.75 Å². The van der Waals surface area contributed by atoms with Gasteiger partial charge in [-0.25, -0.2) is 0 Å². The van der Waals surface area contributed by atoms with Crippen molar-refractivity contribution >= 4 is 34.5 Å². The minimum absolute atomic E-state index is 0.00707. The van der Waals surface area contributed by atoms with Crippen LogP contribution in [0.15, 0.2) is 47.9 Å². The van der Waals surface area contributed by atoms with Gasteiger partial charge in [0.25, 0.3) is 5.91 Å². The molecule has 3 rings (SSSR count). The predicted octanol–water partition coefficient (Wildman–Crippen LogP) is 3.23. The van der Waals surface area contributed by atoms with Crippen LogP contribution in [0.2, 0.25) is 0 Å². The molecule has 2 heterocycles. The second-order valence-corrected chi connectivity index (χ2v) is 6.74. The maximum atomic E-state index is 12.1. The van der Waals surface area contributed by atoms with E-state index in [0.717, 1.165) is 10.5 Å². The van der Waals surface area contributed by atoms with Crippen molar-refractivity contribution in [3.05, 3.63) is 52.7 Å². The van der Waals surface area contributed by atoms with Crippen molar-refractivity contribution in [3.8, 4) is 5.75 Å². The molecular formula is C18H18N2O3S. The number of carbonyl (C=O) groups excluding carboxylic acids is 2. The number of hydrogen-bond acceptors (Lipinski definition) is 4. The standard InChI is InChI=1S/C18H18N2O3S/c1-12(2)10-20-15-6-5-13(8-16(15)23-11-18(20)22)19-17(21)9-14-4-3-7-24-14/h3-8H,1,9-11H2,2H3,(H,19,21). The van der Waals surface area contributed by atoms with E-state index < -0.39 is 0 Å². The number of ether oxygens (including phenoxy) is 1. The number of amides is 2. The fraction of sp³-hybridized carbons (Fsp3) is 0.222. The van der Waals surface area contributed by atoms with Gasteiger partial charge in [-0.2, -0.15) is 0 Å². The van der Waals surface area contributed by atoms with E-state index in [0.29, 0.717) is 30.1 Å². The lowest BCUT2D eigenvalue weighted by Crippen LogP contribution is -2.39. The maximum Gasteiger partial charge on any atom is 0.265 e. The van der Waals surface area contributed by atoms with E-state index in [-0.39, 0.29) is 18.4 Å². The van der Waals surface area contributed by atoms with E-state index in [9.17, 15) is 9.59 Å². The van der Waals surface area contributed by atoms with Gasteiger partial charge in [0.05, 0.1) is 12.1 Å². The Labute approximate surface area is 144 Å². The van der Waals surface area contributed by atoms with Crippen LogP contribution < -0.4 is 15.0 Å². The summed E-state index contributed by atoms with van der Waals surface area (Å²) >= 11 is 1.55. The molecule has 0 radical (unpaired) electrons. The molecule has 0 spiro atoms. The summed E-state index contributed by atoms with van der Waals surface area (Å²) in [6.07, 6.45) is 0.343. The SMILES string of the molecule is C=C(C)CN1C(=O)COc2cc(NC(=O)Cc3cccs3)ccc21. The van der Waals surface area contributed by atoms with E-state index >= 15 is 0 Å². The van der Waals surface area contributed by atoms with Gasteiger partial charge in [-0.1, -0.05) is 18.2 Å². The molecule has 124 valence electrons. The fourth-order valence-corrected chi connectivity index (χ4v) is 3.21. The summed E-state index contributed by atoms with van der Waals surface area (Å²) in [5.74, 6) is 0.410. The van der Waals surface area contributed by atoms with Gasteiger partial charge in [-0.3, -0.25) is 9.59 Å². The number of benzene rings is 1. The van der Waals surface area contributed by atoms with Crippen LogP contribution in [-0.4, -0.2) is 25.0 Å². The molecule has 0 atom stereocenters. The molecule has 0 aliphatic carbocycles. The Bertz CT molecular complexity index is 784. The fourth-order valence-electron chi connectivity index (χ4n) is 2.50. The molecule has 0 saturated carbocycles. The molecule has 0 saturated heterocycles. The quantitative estimate of drug-likeness (QED) is 0.849. The van der Waals surface area contributed by atoms with Crippen LogP contribution in [0.1, 0.15) is 11.8 Å². The maximum absolute atomic E-state index is 12.1. The first-order chi connectivity index (χ1) is 11.5. The number of nitrogens with zero attached hydrogens (tertiary/aromatic N) is 1. The molecule has 1 N–H and O–H groups in total. The number of rotatable bonds is 5. The van der Waals surface area contributed by atoms with Crippen LogP contribution in [-0.2, 0) is 16.0 Å². The van der Waals surface area contributed by atoms with E-state index in [2.05, 4.69) is 11.9 Å². The molecule has 1 aromatic carbocycles. The minimum Gasteiger partial charge on any atom is -0.481 e. The number of carbonyl (C=O) groups is 2. The zero-order valence-electron chi connectivity index (χ0n) is 13.4. The molecule has 0 bridgehead atoms. The molecule has 0 unspecified atom stereocenters. The first-order valence-electron chi connectivity index (χ1n) is 7.57. The molecule has 2 amide bonds. The van der Waals surface area contributed by atoms with Crippen molar-refractivity contribution in [1.82, 2.24) is 0 Å². The van der Waals surface area contributed by atoms with Crippen molar-refractivity contribution in [2.45, 2.75) is 13.3 Å². The average molecular weight is 342 g/mol. The molecule has 1 aliphatic heterocycles. The Morgan fingerprint density at radius 3 is 2.96 bits per heavy atom. The summed E-state index contributed by atoms with van der Waals surface area (Å²) in [5.41, 5.74) is 2.25. The highest BCUT2D eigenvalue weighted by atomic mass is 32.1. The molecule has 6 heteroatoms. The van der Waals surface area contributed by atoms with Crippen LogP contribution >= 0.6 is 11.3 Å². The predicted molar refractivity (Wildman–Crippen MR) is 95.8 cm³/mol. The summed E-state index contributed by atoms with van der Waals surface area (Å²) in [4.78, 5) is 26.8. The highest BCUT2D eigenvalue weighted by Gasteiger charge is 2.25. The molecule has 1 aliphatic rings. The number of nitrogens with one attached hydrogen (secondary N) is 1. The molecule has 0 fully saturated rings. The number of thiophene rings is 1.